The third kappa shape index (κ3) is 3.91. The van der Waals surface area contributed by atoms with Gasteiger partial charge in [0, 0.05) is 46.0 Å². The van der Waals surface area contributed by atoms with Crippen molar-refractivity contribution < 1.29 is 17.4 Å². The van der Waals surface area contributed by atoms with E-state index < -0.39 is 22.7 Å². The van der Waals surface area contributed by atoms with Crippen LogP contribution in [0.5, 0.6) is 0 Å². The van der Waals surface area contributed by atoms with Gasteiger partial charge in [-0.05, 0) is 70.5 Å². The number of hydrogen-bond donors (Lipinski definition) is 0. The summed E-state index contributed by atoms with van der Waals surface area (Å²) in [6.45, 7) is 5.85. The molecule has 2 unspecified atom stereocenters. The second kappa shape index (κ2) is 7.42. The lowest BCUT2D eigenvalue weighted by Crippen LogP contribution is -2.54. The lowest BCUT2D eigenvalue weighted by molar-refractivity contribution is -0.141. The van der Waals surface area contributed by atoms with Crippen molar-refractivity contribution >= 4 is 10.8 Å². The zero-order chi connectivity index (χ0) is 20.1. The van der Waals surface area contributed by atoms with Crippen LogP contribution < -0.4 is 0 Å². The molecule has 0 aromatic carbocycles. The summed E-state index contributed by atoms with van der Waals surface area (Å²) in [5.74, 6) is 1.86. The number of nitrogens with zero attached hydrogens (tertiary/aromatic N) is 3. The lowest BCUT2D eigenvalue weighted by Gasteiger charge is -2.49. The van der Waals surface area contributed by atoms with Gasteiger partial charge in [-0.2, -0.15) is 18.3 Å². The molecule has 158 valence electrons. The van der Waals surface area contributed by atoms with E-state index in [2.05, 4.69) is 10.00 Å². The molecule has 2 saturated heterocycles. The Balaban J connectivity index is 1.46. The van der Waals surface area contributed by atoms with E-state index in [1.807, 2.05) is 13.8 Å². The zero-order valence-corrected chi connectivity index (χ0v) is 17.5. The first-order chi connectivity index (χ1) is 13.2. The van der Waals surface area contributed by atoms with Crippen molar-refractivity contribution in [3.63, 3.8) is 0 Å². The molecule has 8 heteroatoms. The second-order valence-corrected chi connectivity index (χ2v) is 10.7. The van der Waals surface area contributed by atoms with Crippen LogP contribution in [0.4, 0.5) is 13.2 Å². The zero-order valence-electron chi connectivity index (χ0n) is 16.7. The molecule has 0 amide bonds. The Bertz CT molecular complexity index is 728. The molecule has 4 rings (SSSR count). The van der Waals surface area contributed by atoms with Gasteiger partial charge >= 0.3 is 6.18 Å². The summed E-state index contributed by atoms with van der Waals surface area (Å²) < 4.78 is 52.8. The summed E-state index contributed by atoms with van der Waals surface area (Å²) >= 11 is 0. The molecule has 0 N–H and O–H groups in total. The second-order valence-electron chi connectivity index (χ2n) is 9.27. The van der Waals surface area contributed by atoms with Crippen LogP contribution in [0.15, 0.2) is 6.07 Å². The number of likely N-dealkylation sites (tertiary alicyclic amines) is 1. The molecule has 1 aliphatic carbocycles. The number of piperidine rings is 1. The van der Waals surface area contributed by atoms with Crippen LogP contribution in [0.1, 0.15) is 75.7 Å². The van der Waals surface area contributed by atoms with Crippen LogP contribution in [-0.4, -0.2) is 49.5 Å². The van der Waals surface area contributed by atoms with Crippen molar-refractivity contribution in [2.75, 3.05) is 24.6 Å². The van der Waals surface area contributed by atoms with E-state index in [0.717, 1.165) is 68.8 Å². The predicted octanol–water partition coefficient (Wildman–Crippen LogP) is 4.35. The Labute approximate surface area is 167 Å². The highest BCUT2D eigenvalue weighted by molar-refractivity contribution is 7.86. The molecule has 3 aliphatic rings. The minimum absolute atomic E-state index is 0.0826. The van der Waals surface area contributed by atoms with E-state index in [9.17, 15) is 17.4 Å². The molecule has 1 aromatic heterocycles. The summed E-state index contributed by atoms with van der Waals surface area (Å²) in [7, 11) is -0.608. The topological polar surface area (TPSA) is 38.1 Å². The SMILES string of the molecule is CC(C)n1nc(C(F)(F)F)cc1C1CCCC(N2CCC3(CC2)CS(=O)C3)C1. The summed E-state index contributed by atoms with van der Waals surface area (Å²) in [6.07, 6.45) is 1.84. The molecule has 4 nitrogen and oxygen atoms in total. The van der Waals surface area contributed by atoms with Gasteiger partial charge in [-0.15, -0.1) is 0 Å². The van der Waals surface area contributed by atoms with Gasteiger partial charge in [0.15, 0.2) is 5.69 Å². The Morgan fingerprint density at radius 2 is 1.89 bits per heavy atom. The summed E-state index contributed by atoms with van der Waals surface area (Å²) in [5.41, 5.74) is 0.291. The average molecular weight is 418 g/mol. The Hall–Kier alpha value is -0.890. The number of aromatic nitrogens is 2. The van der Waals surface area contributed by atoms with Gasteiger partial charge in [0.25, 0.3) is 0 Å². The molecule has 0 bridgehead atoms. The Morgan fingerprint density at radius 3 is 2.46 bits per heavy atom. The molecule has 1 aromatic rings. The quantitative estimate of drug-likeness (QED) is 0.734. The molecule has 0 radical (unpaired) electrons. The first-order valence-corrected chi connectivity index (χ1v) is 11.9. The van der Waals surface area contributed by atoms with Crippen molar-refractivity contribution in [1.29, 1.82) is 0 Å². The van der Waals surface area contributed by atoms with E-state index in [1.54, 1.807) is 4.68 Å². The monoisotopic (exact) mass is 417 g/mol. The summed E-state index contributed by atoms with van der Waals surface area (Å²) in [4.78, 5) is 2.54. The van der Waals surface area contributed by atoms with E-state index in [1.165, 1.54) is 6.07 Å². The van der Waals surface area contributed by atoms with Crippen LogP contribution in [0, 0.1) is 5.41 Å². The van der Waals surface area contributed by atoms with Crippen LogP contribution in [0.3, 0.4) is 0 Å². The van der Waals surface area contributed by atoms with Crippen molar-refractivity contribution in [3.8, 4) is 0 Å². The van der Waals surface area contributed by atoms with E-state index >= 15 is 0 Å². The maximum Gasteiger partial charge on any atom is 0.435 e. The van der Waals surface area contributed by atoms with Gasteiger partial charge < -0.3 is 4.90 Å². The molecular formula is C20H30F3N3OS. The molecule has 2 atom stereocenters. The Kier molecular flexibility index (Phi) is 5.40. The first-order valence-electron chi connectivity index (χ1n) is 10.4. The highest BCUT2D eigenvalue weighted by atomic mass is 32.2. The minimum Gasteiger partial charge on any atom is -0.300 e. The normalized spacial score (nSPS) is 29.4. The predicted molar refractivity (Wildman–Crippen MR) is 104 cm³/mol. The average Bonchev–Trinajstić information content (AvgIpc) is 3.07. The van der Waals surface area contributed by atoms with Crippen molar-refractivity contribution in [2.45, 2.75) is 76.6 Å². The third-order valence-electron chi connectivity index (χ3n) is 6.92. The highest BCUT2D eigenvalue weighted by Crippen LogP contribution is 2.43. The molecule has 28 heavy (non-hydrogen) atoms. The molecule has 1 spiro atoms. The lowest BCUT2D eigenvalue weighted by atomic mass is 9.78. The molecular weight excluding hydrogens is 387 g/mol. The van der Waals surface area contributed by atoms with Gasteiger partial charge in [0.05, 0.1) is 0 Å². The van der Waals surface area contributed by atoms with E-state index in [-0.39, 0.29) is 12.0 Å². The van der Waals surface area contributed by atoms with Gasteiger partial charge in [-0.3, -0.25) is 8.89 Å². The molecule has 1 saturated carbocycles. The van der Waals surface area contributed by atoms with Gasteiger partial charge in [0.1, 0.15) is 0 Å². The third-order valence-corrected chi connectivity index (χ3v) is 8.79. The van der Waals surface area contributed by atoms with Gasteiger partial charge in [-0.25, -0.2) is 0 Å². The first kappa shape index (κ1) is 20.4. The van der Waals surface area contributed by atoms with E-state index in [0.29, 0.717) is 11.5 Å². The van der Waals surface area contributed by atoms with Crippen molar-refractivity contribution in [3.05, 3.63) is 17.5 Å². The maximum atomic E-state index is 13.2. The van der Waals surface area contributed by atoms with Crippen LogP contribution in [0.2, 0.25) is 0 Å². The Morgan fingerprint density at radius 1 is 1.21 bits per heavy atom. The van der Waals surface area contributed by atoms with Gasteiger partial charge in [0.2, 0.25) is 0 Å². The van der Waals surface area contributed by atoms with Gasteiger partial charge in [-0.1, -0.05) is 6.42 Å². The largest absolute Gasteiger partial charge is 0.435 e. The van der Waals surface area contributed by atoms with Crippen LogP contribution in [-0.2, 0) is 17.0 Å². The van der Waals surface area contributed by atoms with Crippen LogP contribution >= 0.6 is 0 Å². The number of hydrogen-bond acceptors (Lipinski definition) is 3. The van der Waals surface area contributed by atoms with Crippen molar-refractivity contribution in [2.24, 2.45) is 5.41 Å². The smallest absolute Gasteiger partial charge is 0.300 e. The summed E-state index contributed by atoms with van der Waals surface area (Å²) in [6, 6.07) is 1.63. The van der Waals surface area contributed by atoms with Crippen LogP contribution in [0.25, 0.3) is 0 Å². The maximum absolute atomic E-state index is 13.2. The molecule has 3 heterocycles. The minimum atomic E-state index is -4.40. The molecule has 2 aliphatic heterocycles. The number of alkyl halides is 3. The fourth-order valence-electron chi connectivity index (χ4n) is 5.32. The fraction of sp³-hybridized carbons (Fsp3) is 0.850. The van der Waals surface area contributed by atoms with Crippen molar-refractivity contribution in [1.82, 2.24) is 14.7 Å². The fourth-order valence-corrected chi connectivity index (χ4v) is 7.18. The number of halogens is 3. The highest BCUT2D eigenvalue weighted by Gasteiger charge is 2.46. The standard InChI is InChI=1S/C20H30F3N3OS/c1-14(2)26-17(11-18(24-26)20(21,22)23)15-4-3-5-16(10-15)25-8-6-19(7-9-25)12-28(27)13-19/h11,14-16H,3-10,12-13H2,1-2H3. The summed E-state index contributed by atoms with van der Waals surface area (Å²) in [5, 5.41) is 3.89. The molecule has 3 fully saturated rings. The van der Waals surface area contributed by atoms with E-state index in [4.69, 9.17) is 0 Å². The number of rotatable bonds is 3.